The van der Waals surface area contributed by atoms with Crippen LogP contribution in [0.15, 0.2) is 18.2 Å². The number of aryl methyl sites for hydroxylation is 2. The van der Waals surface area contributed by atoms with Crippen LogP contribution in [0.25, 0.3) is 0 Å². The first-order chi connectivity index (χ1) is 13.8. The van der Waals surface area contributed by atoms with Crippen molar-refractivity contribution in [3.63, 3.8) is 0 Å². The molecule has 2 amide bonds. The Balaban J connectivity index is 1.64. The number of hydrogen-bond acceptors (Lipinski definition) is 4. The molecule has 29 heavy (non-hydrogen) atoms. The summed E-state index contributed by atoms with van der Waals surface area (Å²) >= 11 is 0. The summed E-state index contributed by atoms with van der Waals surface area (Å²) in [5.74, 6) is -0.244. The zero-order valence-corrected chi connectivity index (χ0v) is 18.5. The second-order valence-corrected chi connectivity index (χ2v) is 9.89. The molecule has 1 aromatic carbocycles. The topological polar surface area (TPSA) is 78.5 Å². The van der Waals surface area contributed by atoms with Gasteiger partial charge in [-0.05, 0) is 85.9 Å². The van der Waals surface area contributed by atoms with E-state index in [1.807, 2.05) is 6.92 Å². The molecule has 7 heteroatoms. The molecule has 0 saturated carbocycles. The summed E-state index contributed by atoms with van der Waals surface area (Å²) in [7, 11) is -3.79. The number of nitrogens with zero attached hydrogens (tertiary/aromatic N) is 1. The Morgan fingerprint density at radius 3 is 2.28 bits per heavy atom. The first kappa shape index (κ1) is 21.8. The van der Waals surface area contributed by atoms with Crippen LogP contribution in [0, 0.1) is 0 Å². The molecule has 0 aliphatic heterocycles. The highest BCUT2D eigenvalue weighted by atomic mass is 32.2. The maximum Gasteiger partial charge on any atom is 0.332 e. The van der Waals surface area contributed by atoms with E-state index in [9.17, 15) is 13.2 Å². The lowest BCUT2D eigenvalue weighted by Gasteiger charge is -2.21. The van der Waals surface area contributed by atoms with Crippen LogP contribution in [0.3, 0.4) is 0 Å². The average Bonchev–Trinajstić information content (AvgIpc) is 3.28. The summed E-state index contributed by atoms with van der Waals surface area (Å²) in [6.45, 7) is 10.3. The van der Waals surface area contributed by atoms with Crippen molar-refractivity contribution in [2.75, 3.05) is 30.7 Å². The van der Waals surface area contributed by atoms with Crippen LogP contribution in [0.4, 0.5) is 10.5 Å². The fourth-order valence-electron chi connectivity index (χ4n) is 4.58. The van der Waals surface area contributed by atoms with Crippen LogP contribution in [-0.2, 0) is 35.7 Å². The summed E-state index contributed by atoms with van der Waals surface area (Å²) in [6.07, 6.45) is 7.10. The van der Waals surface area contributed by atoms with Gasteiger partial charge in [-0.15, -0.1) is 0 Å². The smallest absolute Gasteiger partial charge is 0.307 e. The number of sulfonamides is 1. The molecule has 0 unspecified atom stereocenters. The van der Waals surface area contributed by atoms with Crippen molar-refractivity contribution in [2.24, 2.45) is 0 Å². The lowest BCUT2D eigenvalue weighted by molar-refractivity contribution is 0.256. The van der Waals surface area contributed by atoms with Crippen molar-refractivity contribution in [1.29, 1.82) is 0 Å². The van der Waals surface area contributed by atoms with Gasteiger partial charge < -0.3 is 5.32 Å². The predicted octanol–water partition coefficient (Wildman–Crippen LogP) is 3.40. The van der Waals surface area contributed by atoms with E-state index in [0.717, 1.165) is 63.7 Å². The number of rotatable bonds is 9. The molecule has 0 radical (unpaired) electrons. The van der Waals surface area contributed by atoms with Gasteiger partial charge in [0.25, 0.3) is 0 Å². The fourth-order valence-corrected chi connectivity index (χ4v) is 5.61. The van der Waals surface area contributed by atoms with E-state index >= 15 is 0 Å². The van der Waals surface area contributed by atoms with Crippen molar-refractivity contribution >= 4 is 21.7 Å². The first-order valence-electron chi connectivity index (χ1n) is 10.7. The van der Waals surface area contributed by atoms with E-state index in [4.69, 9.17) is 0 Å². The minimum Gasteiger partial charge on any atom is -0.307 e. The Labute approximate surface area is 174 Å². The molecule has 3 rings (SSSR count). The summed E-state index contributed by atoms with van der Waals surface area (Å²) in [5.41, 5.74) is 6.39. The molecule has 1 aromatic rings. The molecule has 2 N–H and O–H groups in total. The molecule has 0 spiro atoms. The number of urea groups is 1. The molecule has 0 atom stereocenters. The van der Waals surface area contributed by atoms with Crippen LogP contribution < -0.4 is 10.0 Å². The van der Waals surface area contributed by atoms with E-state index in [1.54, 1.807) is 0 Å². The van der Waals surface area contributed by atoms with Gasteiger partial charge >= 0.3 is 6.03 Å². The second-order valence-electron chi connectivity index (χ2n) is 8.17. The molecule has 0 bridgehead atoms. The monoisotopic (exact) mass is 419 g/mol. The van der Waals surface area contributed by atoms with Crippen molar-refractivity contribution in [2.45, 2.75) is 58.8 Å². The Morgan fingerprint density at radius 2 is 1.72 bits per heavy atom. The quantitative estimate of drug-likeness (QED) is 0.601. The van der Waals surface area contributed by atoms with Gasteiger partial charge in [0.1, 0.15) is 0 Å². The number of anilines is 1. The Kier molecular flexibility index (Phi) is 7.01. The minimum absolute atomic E-state index is 0.244. The van der Waals surface area contributed by atoms with Crippen LogP contribution in [0.5, 0.6) is 0 Å². The third-order valence-electron chi connectivity index (χ3n) is 5.79. The molecule has 6 nitrogen and oxygen atoms in total. The molecule has 160 valence electrons. The van der Waals surface area contributed by atoms with Crippen LogP contribution >= 0.6 is 0 Å². The highest BCUT2D eigenvalue weighted by Gasteiger charge is 2.26. The predicted molar refractivity (Wildman–Crippen MR) is 118 cm³/mol. The van der Waals surface area contributed by atoms with Crippen molar-refractivity contribution in [3.05, 3.63) is 40.5 Å². The number of carbonyl (C=O) groups is 1. The summed E-state index contributed by atoms with van der Waals surface area (Å²) in [5, 5.41) is 2.87. The third kappa shape index (κ3) is 5.39. The molecule has 0 aromatic heterocycles. The van der Waals surface area contributed by atoms with Crippen molar-refractivity contribution < 1.29 is 13.2 Å². The Bertz CT molecular complexity index is 861. The maximum absolute atomic E-state index is 12.5. The van der Waals surface area contributed by atoms with Gasteiger partial charge in [0.2, 0.25) is 10.0 Å². The first-order valence-corrected chi connectivity index (χ1v) is 12.3. The zero-order chi connectivity index (χ0) is 21.0. The molecular formula is C22H33N3O3S. The van der Waals surface area contributed by atoms with Gasteiger partial charge in [0.05, 0.1) is 5.75 Å². The lowest BCUT2D eigenvalue weighted by Crippen LogP contribution is -2.38. The average molecular weight is 420 g/mol. The second kappa shape index (κ2) is 9.30. The molecule has 0 heterocycles. The molecule has 2 aliphatic rings. The van der Waals surface area contributed by atoms with Gasteiger partial charge in [-0.25, -0.2) is 17.9 Å². The number of amides is 2. The zero-order valence-electron chi connectivity index (χ0n) is 17.6. The maximum atomic E-state index is 12.5. The molecular weight excluding hydrogens is 386 g/mol. The Hall–Kier alpha value is -1.86. The normalized spacial score (nSPS) is 15.3. The van der Waals surface area contributed by atoms with E-state index in [-0.39, 0.29) is 5.75 Å². The van der Waals surface area contributed by atoms with Crippen LogP contribution in [0.2, 0.25) is 0 Å². The number of nitrogens with one attached hydrogen (secondary N) is 2. The van der Waals surface area contributed by atoms with E-state index in [0.29, 0.717) is 12.1 Å². The van der Waals surface area contributed by atoms with Gasteiger partial charge in [0, 0.05) is 12.2 Å². The van der Waals surface area contributed by atoms with E-state index in [1.165, 1.54) is 22.3 Å². The van der Waals surface area contributed by atoms with E-state index < -0.39 is 16.1 Å². The van der Waals surface area contributed by atoms with Crippen molar-refractivity contribution in [3.8, 4) is 0 Å². The molecule has 0 saturated heterocycles. The fraction of sp³-hybridized carbons (Fsp3) is 0.591. The summed E-state index contributed by atoms with van der Waals surface area (Å²) < 4.78 is 27.2. The van der Waals surface area contributed by atoms with Crippen molar-refractivity contribution in [1.82, 2.24) is 9.62 Å². The van der Waals surface area contributed by atoms with E-state index in [2.05, 4.69) is 34.5 Å². The largest absolute Gasteiger partial charge is 0.332 e. The highest BCUT2D eigenvalue weighted by molar-refractivity contribution is 7.90. The van der Waals surface area contributed by atoms with Crippen LogP contribution in [-0.4, -0.2) is 44.7 Å². The minimum atomic E-state index is -3.79. The molecule has 2 aliphatic carbocycles. The number of hydrogen-bond donors (Lipinski definition) is 2. The van der Waals surface area contributed by atoms with Gasteiger partial charge in [-0.1, -0.05) is 26.5 Å². The van der Waals surface area contributed by atoms with Gasteiger partial charge in [0.15, 0.2) is 0 Å². The van der Waals surface area contributed by atoms with Gasteiger partial charge in [-0.3, -0.25) is 4.90 Å². The summed E-state index contributed by atoms with van der Waals surface area (Å²) in [4.78, 5) is 14.7. The van der Waals surface area contributed by atoms with Crippen LogP contribution in [0.1, 0.15) is 55.4 Å². The highest BCUT2D eigenvalue weighted by Crippen LogP contribution is 2.38. The summed E-state index contributed by atoms with van der Waals surface area (Å²) in [6, 6.07) is 1.61. The Morgan fingerprint density at radius 1 is 1.10 bits per heavy atom. The number of carbonyl (C=O) groups excluding carboxylic acids is 1. The molecule has 0 fully saturated rings. The number of fused-ring (bicyclic) bond motifs is 2. The van der Waals surface area contributed by atoms with Gasteiger partial charge in [-0.2, -0.15) is 0 Å². The third-order valence-corrected chi connectivity index (χ3v) is 7.07. The SMILES string of the molecule is C=C(CN(CC)CCC)CS(=O)(=O)NC(=O)Nc1c2c(cc3c1CCC3)CCC2. The lowest BCUT2D eigenvalue weighted by atomic mass is 9.99. The number of likely N-dealkylation sites (N-methyl/N-ethyl adjacent to an activating group) is 1. The standard InChI is InChI=1S/C22H33N3O3S/c1-4-12-25(5-2)14-16(3)15-29(27,28)24-22(26)23-21-19-10-6-8-17(19)13-18-9-7-11-20(18)21/h13H,3-12,14-15H2,1-2H3,(H2,23,24,26). The number of benzene rings is 1.